The number of carbonyl (C=O) groups is 2. The van der Waals surface area contributed by atoms with E-state index < -0.39 is 18.0 Å². The third-order valence-corrected chi connectivity index (χ3v) is 0.804. The van der Waals surface area contributed by atoms with E-state index in [-0.39, 0.29) is 0 Å². The predicted molar refractivity (Wildman–Crippen MR) is 29.9 cm³/mol. The summed E-state index contributed by atoms with van der Waals surface area (Å²) in [7, 11) is 0. The van der Waals surface area contributed by atoms with Gasteiger partial charge < -0.3 is 10.4 Å². The van der Waals surface area contributed by atoms with Crippen molar-refractivity contribution < 1.29 is 19.2 Å². The van der Waals surface area contributed by atoms with Gasteiger partial charge in [-0.15, -0.1) is 0 Å². The van der Waals surface area contributed by atoms with Gasteiger partial charge in [0.15, 0.2) is 0 Å². The van der Waals surface area contributed by atoms with E-state index in [2.05, 4.69) is 0 Å². The van der Waals surface area contributed by atoms with Gasteiger partial charge in [0.25, 0.3) is 0 Å². The van der Waals surface area contributed by atoms with Crippen LogP contribution in [0.25, 0.3) is 0 Å². The number of urea groups is 1. The zero-order valence-electron chi connectivity index (χ0n) is 5.22. The van der Waals surface area contributed by atoms with Gasteiger partial charge in [0.2, 0.25) is 0 Å². The van der Waals surface area contributed by atoms with Crippen LogP contribution in [0.1, 0.15) is 6.92 Å². The molecule has 1 atom stereocenters. The number of carboxylic acids is 1. The summed E-state index contributed by atoms with van der Waals surface area (Å²) in [6, 6.07) is -2.24. The number of nitrogens with one attached hydrogen (secondary N) is 2. The minimum atomic E-state index is -1.22. The van der Waals surface area contributed by atoms with Crippen LogP contribution >= 0.6 is 0 Å². The molecule has 0 rings (SSSR count). The summed E-state index contributed by atoms with van der Waals surface area (Å²) in [5.74, 6) is -1.22. The zero-order chi connectivity index (χ0) is 8.15. The van der Waals surface area contributed by atoms with Crippen molar-refractivity contribution in [3.8, 4) is 0 Å². The molecular weight excluding hydrogens is 143 g/mol. The van der Waals surface area contributed by atoms with Gasteiger partial charge in [0.1, 0.15) is 6.04 Å². The molecule has 1 unspecified atom stereocenters. The molecule has 0 aromatic heterocycles. The van der Waals surface area contributed by atoms with E-state index in [1.165, 1.54) is 6.92 Å². The normalized spacial score (nSPS) is 11.8. The minimum Gasteiger partial charge on any atom is -0.480 e. The van der Waals surface area contributed by atoms with Gasteiger partial charge in [0, 0.05) is 0 Å². The van der Waals surface area contributed by atoms with Crippen molar-refractivity contribution in [2.24, 2.45) is 0 Å². The lowest BCUT2D eigenvalue weighted by molar-refractivity contribution is -0.138. The highest BCUT2D eigenvalue weighted by molar-refractivity contribution is 5.81. The smallest absolute Gasteiger partial charge is 0.343 e. The van der Waals surface area contributed by atoms with Crippen LogP contribution in [-0.2, 0) is 4.79 Å². The van der Waals surface area contributed by atoms with Crippen LogP contribution in [0.15, 0.2) is 0 Å². The maximum absolute atomic E-state index is 11.2. The molecule has 2 amide bonds. The number of carboxylic acid groups (broad SMARTS) is 1. The van der Waals surface area contributed by atoms with Crippen molar-refractivity contribution in [2.75, 3.05) is 0 Å². The second-order valence-corrected chi connectivity index (χ2v) is 1.63. The van der Waals surface area contributed by atoms with Gasteiger partial charge in [0.05, 0.1) is 0 Å². The first-order chi connectivity index (χ1) is 4.57. The van der Waals surface area contributed by atoms with E-state index in [0.29, 0.717) is 0 Å². The van der Waals surface area contributed by atoms with Crippen molar-refractivity contribution in [1.29, 1.82) is 0 Å². The monoisotopic (exact) mass is 150 g/mol. The fourth-order valence-corrected chi connectivity index (χ4v) is 0.286. The molecule has 3 N–H and O–H groups in total. The van der Waals surface area contributed by atoms with E-state index in [9.17, 15) is 14.1 Å². The Bertz CT molecular complexity index is 149. The molecule has 0 heterocycles. The van der Waals surface area contributed by atoms with Crippen molar-refractivity contribution in [1.82, 2.24) is 10.9 Å². The number of hydrogen-bond donors (Lipinski definition) is 3. The van der Waals surface area contributed by atoms with Crippen LogP contribution in [0.3, 0.4) is 0 Å². The highest BCUT2D eigenvalue weighted by Gasteiger charge is 2.12. The maximum atomic E-state index is 11.2. The lowest BCUT2D eigenvalue weighted by atomic mass is 10.3. The summed E-state index contributed by atoms with van der Waals surface area (Å²) in [6.07, 6.45) is 0. The lowest BCUT2D eigenvalue weighted by Gasteiger charge is -2.05. The van der Waals surface area contributed by atoms with Gasteiger partial charge in [-0.25, -0.2) is 4.79 Å². The molecule has 58 valence electrons. The van der Waals surface area contributed by atoms with Crippen LogP contribution in [-0.4, -0.2) is 23.1 Å². The van der Waals surface area contributed by atoms with Crippen molar-refractivity contribution in [3.05, 3.63) is 0 Å². The highest BCUT2D eigenvalue weighted by Crippen LogP contribution is 1.79. The van der Waals surface area contributed by atoms with Gasteiger partial charge in [-0.2, -0.15) is 5.54 Å². The predicted octanol–water partition coefficient (Wildman–Crippen LogP) is -0.357. The van der Waals surface area contributed by atoms with Gasteiger partial charge in [-0.3, -0.25) is 4.79 Å². The average molecular weight is 150 g/mol. The molecule has 0 spiro atoms. The Morgan fingerprint density at radius 1 is 1.60 bits per heavy atom. The average Bonchev–Trinajstić information content (AvgIpc) is 1.87. The molecule has 0 aliphatic heterocycles. The molecule has 0 fully saturated rings. The quantitative estimate of drug-likeness (QED) is 0.470. The topological polar surface area (TPSA) is 78.4 Å². The molecule has 0 aromatic rings. The van der Waals surface area contributed by atoms with Crippen LogP contribution in [0.5, 0.6) is 0 Å². The SMILES string of the molecule is CC(NC(=O)NF)C(=O)O. The molecule has 10 heavy (non-hydrogen) atoms. The number of hydrogen-bond acceptors (Lipinski definition) is 2. The molecule has 0 aliphatic carbocycles. The Morgan fingerprint density at radius 2 is 2.10 bits per heavy atom. The summed E-state index contributed by atoms with van der Waals surface area (Å²) >= 11 is 0. The number of halogens is 1. The van der Waals surface area contributed by atoms with Gasteiger partial charge in [-0.05, 0) is 6.92 Å². The van der Waals surface area contributed by atoms with E-state index >= 15 is 0 Å². The second-order valence-electron chi connectivity index (χ2n) is 1.63. The number of carbonyl (C=O) groups excluding carboxylic acids is 1. The standard InChI is InChI=1S/C4H7FN2O3/c1-2(3(8)9)6-4(10)7-5/h2H,1H3,(H,8,9)(H2,6,7,10). The Kier molecular flexibility index (Phi) is 3.16. The second kappa shape index (κ2) is 3.65. The molecule has 5 nitrogen and oxygen atoms in total. The van der Waals surface area contributed by atoms with Gasteiger partial charge >= 0.3 is 12.0 Å². The van der Waals surface area contributed by atoms with Gasteiger partial charge in [-0.1, -0.05) is 4.48 Å². The van der Waals surface area contributed by atoms with E-state index in [4.69, 9.17) is 5.11 Å². The van der Waals surface area contributed by atoms with Crippen molar-refractivity contribution >= 4 is 12.0 Å². The highest BCUT2D eigenvalue weighted by atomic mass is 19.2. The van der Waals surface area contributed by atoms with Crippen LogP contribution < -0.4 is 10.9 Å². The summed E-state index contributed by atoms with van der Waals surface area (Å²) in [6.45, 7) is 1.22. The van der Waals surface area contributed by atoms with Crippen molar-refractivity contribution in [3.63, 3.8) is 0 Å². The first kappa shape index (κ1) is 8.67. The van der Waals surface area contributed by atoms with E-state index in [1.54, 1.807) is 5.32 Å². The molecular formula is C4H7FN2O3. The van der Waals surface area contributed by atoms with E-state index in [0.717, 1.165) is 5.54 Å². The Balaban J connectivity index is 3.68. The first-order valence-corrected chi connectivity index (χ1v) is 2.48. The summed E-state index contributed by atoms with van der Waals surface area (Å²) in [5.41, 5.74) is 0.737. The third kappa shape index (κ3) is 2.85. The number of aliphatic carboxylic acids is 1. The summed E-state index contributed by atoms with van der Waals surface area (Å²) in [4.78, 5) is 20.1. The zero-order valence-corrected chi connectivity index (χ0v) is 5.22. The van der Waals surface area contributed by atoms with Crippen molar-refractivity contribution in [2.45, 2.75) is 13.0 Å². The Morgan fingerprint density at radius 3 is 2.40 bits per heavy atom. The lowest BCUT2D eigenvalue weighted by Crippen LogP contribution is -2.41. The number of amides is 2. The Hall–Kier alpha value is -1.33. The van der Waals surface area contributed by atoms with Crippen LogP contribution in [0.2, 0.25) is 0 Å². The number of rotatable bonds is 2. The summed E-state index contributed by atoms with van der Waals surface area (Å²) in [5, 5.41) is 9.97. The third-order valence-electron chi connectivity index (χ3n) is 0.804. The fourth-order valence-electron chi connectivity index (χ4n) is 0.286. The van der Waals surface area contributed by atoms with Crippen LogP contribution in [0, 0.1) is 0 Å². The Labute approximate surface area is 56.2 Å². The minimum absolute atomic E-state index is 0.737. The first-order valence-electron chi connectivity index (χ1n) is 2.48. The molecule has 0 saturated heterocycles. The molecule has 0 aliphatic rings. The molecule has 0 radical (unpaired) electrons. The van der Waals surface area contributed by atoms with Crippen LogP contribution in [0.4, 0.5) is 9.28 Å². The molecule has 0 saturated carbocycles. The van der Waals surface area contributed by atoms with E-state index in [1.807, 2.05) is 0 Å². The maximum Gasteiger partial charge on any atom is 0.343 e. The molecule has 0 aromatic carbocycles. The largest absolute Gasteiger partial charge is 0.480 e. The molecule has 6 heteroatoms. The molecule has 0 bridgehead atoms. The fraction of sp³-hybridized carbons (Fsp3) is 0.500. The summed E-state index contributed by atoms with van der Waals surface area (Å²) < 4.78 is 11.2.